The van der Waals surface area contributed by atoms with Crippen LogP contribution >= 0.6 is 0 Å². The molecule has 0 unspecified atom stereocenters. The van der Waals surface area contributed by atoms with Gasteiger partial charge in [0, 0.05) is 32.3 Å². The molecule has 0 aromatic rings. The fourth-order valence-corrected chi connectivity index (χ4v) is 0.201. The fraction of sp³-hybridized carbons (Fsp3) is 0.400. The molecule has 0 N–H and O–H groups in total. The van der Waals surface area contributed by atoms with Gasteiger partial charge in [0.25, 0.3) is 0 Å². The topological polar surface area (TPSA) is 26.3 Å². The Labute approximate surface area is 68.0 Å². The first-order valence-corrected chi connectivity index (χ1v) is 2.10. The van der Waals surface area contributed by atoms with Gasteiger partial charge < -0.3 is 4.74 Å². The maximum atomic E-state index is 10.1. The minimum atomic E-state index is -0.359. The van der Waals surface area contributed by atoms with E-state index in [1.54, 1.807) is 6.92 Å². The maximum absolute atomic E-state index is 10.1. The SMILES string of the molecule is C=CC(=O)OCC.[Zr]. The van der Waals surface area contributed by atoms with Crippen molar-refractivity contribution in [3.05, 3.63) is 12.7 Å². The van der Waals surface area contributed by atoms with E-state index in [1.807, 2.05) is 0 Å². The third-order valence-corrected chi connectivity index (χ3v) is 0.453. The van der Waals surface area contributed by atoms with E-state index >= 15 is 0 Å². The zero-order chi connectivity index (χ0) is 5.70. The second kappa shape index (κ2) is 7.09. The van der Waals surface area contributed by atoms with Crippen LogP contribution in [0.2, 0.25) is 0 Å². The van der Waals surface area contributed by atoms with Crippen LogP contribution in [0.1, 0.15) is 6.92 Å². The molecule has 0 saturated carbocycles. The number of hydrogen-bond acceptors (Lipinski definition) is 2. The van der Waals surface area contributed by atoms with E-state index in [-0.39, 0.29) is 32.2 Å². The first kappa shape index (κ1) is 11.0. The predicted octanol–water partition coefficient (Wildman–Crippen LogP) is 0.733. The Hall–Kier alpha value is 0.0931. The molecule has 3 heteroatoms. The molecule has 0 aliphatic carbocycles. The molecule has 0 aliphatic heterocycles. The molecule has 0 aromatic heterocycles. The van der Waals surface area contributed by atoms with Gasteiger partial charge in [0.15, 0.2) is 0 Å². The molecule has 8 heavy (non-hydrogen) atoms. The second-order valence-electron chi connectivity index (χ2n) is 0.956. The summed E-state index contributed by atoms with van der Waals surface area (Å²) in [4.78, 5) is 10.1. The number of ether oxygens (including phenoxy) is 1. The fourth-order valence-electron chi connectivity index (χ4n) is 0.201. The van der Waals surface area contributed by atoms with Crippen molar-refractivity contribution in [2.24, 2.45) is 0 Å². The van der Waals surface area contributed by atoms with E-state index in [9.17, 15) is 4.79 Å². The number of hydrogen-bond donors (Lipinski definition) is 0. The standard InChI is InChI=1S/C5H8O2.Zr/c1-3-5(6)7-4-2;/h3H,1,4H2,2H3;. The van der Waals surface area contributed by atoms with Crippen LogP contribution in [0, 0.1) is 0 Å². The largest absolute Gasteiger partial charge is 0.463 e. The molecule has 0 atom stereocenters. The number of carbonyl (C=O) groups excluding carboxylic acids is 1. The minimum Gasteiger partial charge on any atom is -0.463 e. The average molecular weight is 191 g/mol. The third kappa shape index (κ3) is 6.09. The van der Waals surface area contributed by atoms with Crippen molar-refractivity contribution in [3.63, 3.8) is 0 Å². The van der Waals surface area contributed by atoms with Gasteiger partial charge in [-0.05, 0) is 6.92 Å². The van der Waals surface area contributed by atoms with Crippen molar-refractivity contribution in [2.45, 2.75) is 6.92 Å². The zero-order valence-electron chi connectivity index (χ0n) is 4.81. The summed E-state index contributed by atoms with van der Waals surface area (Å²) in [6.45, 7) is 5.38. The van der Waals surface area contributed by atoms with Gasteiger partial charge in [0.1, 0.15) is 0 Å². The van der Waals surface area contributed by atoms with Crippen LogP contribution in [0.3, 0.4) is 0 Å². The summed E-state index contributed by atoms with van der Waals surface area (Å²) in [6, 6.07) is 0. The molecule has 0 aliphatic rings. The molecule has 0 aromatic carbocycles. The van der Waals surface area contributed by atoms with E-state index in [0.29, 0.717) is 6.61 Å². The van der Waals surface area contributed by atoms with E-state index in [1.165, 1.54) is 0 Å². The number of rotatable bonds is 2. The van der Waals surface area contributed by atoms with E-state index in [0.717, 1.165) is 6.08 Å². The molecule has 0 spiro atoms. The summed E-state index contributed by atoms with van der Waals surface area (Å²) in [7, 11) is 0. The Morgan fingerprint density at radius 2 is 2.38 bits per heavy atom. The molecule has 0 fully saturated rings. The summed E-state index contributed by atoms with van der Waals surface area (Å²) < 4.78 is 4.43. The molecule has 0 saturated heterocycles. The van der Waals surface area contributed by atoms with Gasteiger partial charge in [-0.2, -0.15) is 0 Å². The van der Waals surface area contributed by atoms with Crippen LogP contribution in [0.5, 0.6) is 0 Å². The first-order chi connectivity index (χ1) is 3.31. The molecule has 2 nitrogen and oxygen atoms in total. The quantitative estimate of drug-likeness (QED) is 0.475. The van der Waals surface area contributed by atoms with Gasteiger partial charge in [0.2, 0.25) is 0 Å². The summed E-state index contributed by atoms with van der Waals surface area (Å²) in [5.74, 6) is -0.359. The van der Waals surface area contributed by atoms with Gasteiger partial charge in [-0.3, -0.25) is 0 Å². The van der Waals surface area contributed by atoms with Gasteiger partial charge in [0.05, 0.1) is 6.61 Å². The first-order valence-electron chi connectivity index (χ1n) is 2.10. The average Bonchev–Trinajstić information content (AvgIpc) is 1.68. The van der Waals surface area contributed by atoms with Crippen molar-refractivity contribution in [1.29, 1.82) is 0 Å². The number of carbonyl (C=O) groups is 1. The molecule has 0 bridgehead atoms. The molecule has 0 heterocycles. The van der Waals surface area contributed by atoms with E-state index in [2.05, 4.69) is 11.3 Å². The van der Waals surface area contributed by atoms with Crippen LogP contribution in [-0.2, 0) is 35.7 Å². The monoisotopic (exact) mass is 190 g/mol. The van der Waals surface area contributed by atoms with Crippen molar-refractivity contribution >= 4 is 5.97 Å². The van der Waals surface area contributed by atoms with Crippen LogP contribution in [0.15, 0.2) is 12.7 Å². The summed E-state index contributed by atoms with van der Waals surface area (Å²) in [5.41, 5.74) is 0. The maximum Gasteiger partial charge on any atom is 0.330 e. The van der Waals surface area contributed by atoms with E-state index < -0.39 is 0 Å². The Bertz CT molecular complexity index is 80.5. The Balaban J connectivity index is 0. The van der Waals surface area contributed by atoms with Crippen LogP contribution in [0.25, 0.3) is 0 Å². The Morgan fingerprint density at radius 1 is 1.88 bits per heavy atom. The molecule has 44 valence electrons. The van der Waals surface area contributed by atoms with Crippen molar-refractivity contribution in [3.8, 4) is 0 Å². The summed E-state index contributed by atoms with van der Waals surface area (Å²) in [5, 5.41) is 0. The molecule has 0 rings (SSSR count). The van der Waals surface area contributed by atoms with Crippen LogP contribution < -0.4 is 0 Å². The van der Waals surface area contributed by atoms with Crippen molar-refractivity contribution in [2.75, 3.05) is 6.61 Å². The predicted molar refractivity (Wildman–Crippen MR) is 26.8 cm³/mol. The van der Waals surface area contributed by atoms with Crippen molar-refractivity contribution < 1.29 is 35.7 Å². The molecule has 0 radical (unpaired) electrons. The van der Waals surface area contributed by atoms with Crippen molar-refractivity contribution in [1.82, 2.24) is 0 Å². The smallest absolute Gasteiger partial charge is 0.330 e. The molecular formula is C5H8O2Zr. The van der Waals surface area contributed by atoms with E-state index in [4.69, 9.17) is 0 Å². The minimum absolute atomic E-state index is 0. The van der Waals surface area contributed by atoms with Gasteiger partial charge in [-0.25, -0.2) is 4.79 Å². The van der Waals surface area contributed by atoms with Gasteiger partial charge in [-0.1, -0.05) is 6.58 Å². The second-order valence-corrected chi connectivity index (χ2v) is 0.956. The summed E-state index contributed by atoms with van der Waals surface area (Å²) in [6.07, 6.45) is 1.14. The van der Waals surface area contributed by atoms with Gasteiger partial charge >= 0.3 is 5.97 Å². The van der Waals surface area contributed by atoms with Crippen LogP contribution in [-0.4, -0.2) is 12.6 Å². The molecular weight excluding hydrogens is 183 g/mol. The normalized spacial score (nSPS) is 6.62. The van der Waals surface area contributed by atoms with Gasteiger partial charge in [-0.15, -0.1) is 0 Å². The van der Waals surface area contributed by atoms with Crippen LogP contribution in [0.4, 0.5) is 0 Å². The Morgan fingerprint density at radius 3 is 2.50 bits per heavy atom. The Kier molecular flexibility index (Phi) is 9.72. The third-order valence-electron chi connectivity index (χ3n) is 0.453. The zero-order valence-corrected chi connectivity index (χ0v) is 7.27. The number of esters is 1. The molecule has 0 amide bonds. The summed E-state index contributed by atoms with van der Waals surface area (Å²) >= 11 is 0.